The van der Waals surface area contributed by atoms with E-state index in [0.29, 0.717) is 23.7 Å². The summed E-state index contributed by atoms with van der Waals surface area (Å²) in [5.74, 6) is 0.0731. The van der Waals surface area contributed by atoms with Gasteiger partial charge in [-0.05, 0) is 23.8 Å². The van der Waals surface area contributed by atoms with Gasteiger partial charge in [0.05, 0.1) is 12.7 Å². The largest absolute Gasteiger partial charge is 0.493 e. The van der Waals surface area contributed by atoms with E-state index in [1.807, 2.05) is 36.4 Å². The van der Waals surface area contributed by atoms with Gasteiger partial charge in [-0.15, -0.1) is 0 Å². The van der Waals surface area contributed by atoms with Gasteiger partial charge in [-0.25, -0.2) is 4.79 Å². The normalized spacial score (nSPS) is 10.2. The molecule has 0 bridgehead atoms. The lowest BCUT2D eigenvalue weighted by Crippen LogP contribution is -2.14. The van der Waals surface area contributed by atoms with Gasteiger partial charge in [0.1, 0.15) is 6.61 Å². The quantitative estimate of drug-likeness (QED) is 0.433. The van der Waals surface area contributed by atoms with Gasteiger partial charge in [0.25, 0.3) is 0 Å². The molecule has 0 aliphatic rings. The van der Waals surface area contributed by atoms with Crippen LogP contribution in [0, 0.1) is 0 Å². The number of hydrogen-bond donors (Lipinski definition) is 0. The van der Waals surface area contributed by atoms with E-state index in [1.165, 1.54) is 13.2 Å². The highest BCUT2D eigenvalue weighted by atomic mass is 16.5. The maximum Gasteiger partial charge on any atom is 0.338 e. The summed E-state index contributed by atoms with van der Waals surface area (Å²) < 4.78 is 16.2. The zero-order valence-corrected chi connectivity index (χ0v) is 15.5. The van der Waals surface area contributed by atoms with Gasteiger partial charge in [0.2, 0.25) is 0 Å². The summed E-state index contributed by atoms with van der Waals surface area (Å²) in [6.45, 7) is 0.0595. The van der Waals surface area contributed by atoms with E-state index in [4.69, 9.17) is 14.2 Å². The maximum atomic E-state index is 12.3. The highest BCUT2D eigenvalue weighted by Gasteiger charge is 2.15. The summed E-state index contributed by atoms with van der Waals surface area (Å²) in [5, 5.41) is 0. The Hall–Kier alpha value is -3.60. The average Bonchev–Trinajstić information content (AvgIpc) is 2.77. The van der Waals surface area contributed by atoms with Crippen LogP contribution in [-0.4, -0.2) is 25.5 Å². The van der Waals surface area contributed by atoms with Crippen molar-refractivity contribution >= 4 is 11.8 Å². The predicted molar refractivity (Wildman–Crippen MR) is 105 cm³/mol. The SMILES string of the molecule is COc1cc(C(=O)OCC(=O)c2ccccc2)ccc1OCc1ccccc1. The van der Waals surface area contributed by atoms with Crippen LogP contribution in [0.1, 0.15) is 26.3 Å². The lowest BCUT2D eigenvalue weighted by Gasteiger charge is -2.12. The fraction of sp³-hybridized carbons (Fsp3) is 0.130. The van der Waals surface area contributed by atoms with E-state index in [1.54, 1.807) is 36.4 Å². The number of Topliss-reactive ketones (excluding diaryl/α,β-unsaturated/α-hetero) is 1. The highest BCUT2D eigenvalue weighted by Crippen LogP contribution is 2.29. The Morgan fingerprint density at radius 2 is 1.46 bits per heavy atom. The van der Waals surface area contributed by atoms with Crippen LogP contribution >= 0.6 is 0 Å². The number of ketones is 1. The molecule has 0 N–H and O–H groups in total. The van der Waals surface area contributed by atoms with Crippen LogP contribution in [0.2, 0.25) is 0 Å². The third-order valence-corrected chi connectivity index (χ3v) is 4.07. The molecule has 0 radical (unpaired) electrons. The predicted octanol–water partition coefficient (Wildman–Crippen LogP) is 4.31. The van der Waals surface area contributed by atoms with Crippen LogP contribution < -0.4 is 9.47 Å². The molecule has 142 valence electrons. The monoisotopic (exact) mass is 376 g/mol. The molecule has 0 atom stereocenters. The van der Waals surface area contributed by atoms with E-state index in [2.05, 4.69) is 0 Å². The van der Waals surface area contributed by atoms with Crippen molar-refractivity contribution in [2.75, 3.05) is 13.7 Å². The second kappa shape index (κ2) is 9.37. The van der Waals surface area contributed by atoms with Crippen LogP contribution in [0.3, 0.4) is 0 Å². The van der Waals surface area contributed by atoms with Crippen LogP contribution in [-0.2, 0) is 11.3 Å². The first-order valence-electron chi connectivity index (χ1n) is 8.77. The third kappa shape index (κ3) is 4.98. The summed E-state index contributed by atoms with van der Waals surface area (Å²) in [5.41, 5.74) is 1.80. The Morgan fingerprint density at radius 3 is 2.14 bits per heavy atom. The summed E-state index contributed by atoms with van der Waals surface area (Å²) in [4.78, 5) is 24.3. The molecule has 0 unspecified atom stereocenters. The molecule has 0 aliphatic carbocycles. The Morgan fingerprint density at radius 1 is 0.786 bits per heavy atom. The van der Waals surface area contributed by atoms with Gasteiger partial charge in [-0.2, -0.15) is 0 Å². The lowest BCUT2D eigenvalue weighted by molar-refractivity contribution is 0.0474. The first kappa shape index (κ1) is 19.2. The second-order valence-corrected chi connectivity index (χ2v) is 6.01. The standard InChI is InChI=1S/C23H20O5/c1-26-22-14-19(12-13-21(22)27-15-17-8-4-2-5-9-17)23(25)28-16-20(24)18-10-6-3-7-11-18/h2-14H,15-16H2,1H3. The molecule has 0 amide bonds. The van der Waals surface area contributed by atoms with E-state index in [-0.39, 0.29) is 18.0 Å². The molecule has 0 heterocycles. The molecular weight excluding hydrogens is 356 g/mol. The van der Waals surface area contributed by atoms with E-state index >= 15 is 0 Å². The molecule has 0 saturated carbocycles. The third-order valence-electron chi connectivity index (χ3n) is 4.07. The molecule has 3 aromatic carbocycles. The van der Waals surface area contributed by atoms with Gasteiger partial charge in [0, 0.05) is 5.56 Å². The summed E-state index contributed by atoms with van der Waals surface area (Å²) in [6, 6.07) is 23.2. The number of carbonyl (C=O) groups excluding carboxylic acids is 2. The van der Waals surface area contributed by atoms with Gasteiger partial charge >= 0.3 is 5.97 Å². The first-order valence-corrected chi connectivity index (χ1v) is 8.77. The maximum absolute atomic E-state index is 12.3. The Labute approximate surface area is 163 Å². The zero-order valence-electron chi connectivity index (χ0n) is 15.5. The molecule has 28 heavy (non-hydrogen) atoms. The molecule has 5 nitrogen and oxygen atoms in total. The van der Waals surface area contributed by atoms with Crippen molar-refractivity contribution in [2.24, 2.45) is 0 Å². The van der Waals surface area contributed by atoms with Gasteiger partial charge < -0.3 is 14.2 Å². The van der Waals surface area contributed by atoms with Crippen molar-refractivity contribution in [1.29, 1.82) is 0 Å². The summed E-state index contributed by atoms with van der Waals surface area (Å²) >= 11 is 0. The van der Waals surface area contributed by atoms with Crippen molar-refractivity contribution in [3.05, 3.63) is 95.6 Å². The molecule has 0 aliphatic heterocycles. The molecule has 0 saturated heterocycles. The number of benzene rings is 3. The molecule has 5 heteroatoms. The zero-order chi connectivity index (χ0) is 19.8. The first-order chi connectivity index (χ1) is 13.7. The van der Waals surface area contributed by atoms with Crippen molar-refractivity contribution in [1.82, 2.24) is 0 Å². The summed E-state index contributed by atoms with van der Waals surface area (Å²) in [7, 11) is 1.50. The highest BCUT2D eigenvalue weighted by molar-refractivity contribution is 5.99. The number of ether oxygens (including phenoxy) is 3. The molecule has 3 rings (SSSR count). The van der Waals surface area contributed by atoms with E-state index in [9.17, 15) is 9.59 Å². The minimum Gasteiger partial charge on any atom is -0.493 e. The minimum atomic E-state index is -0.600. The summed E-state index contributed by atoms with van der Waals surface area (Å²) in [6.07, 6.45) is 0. The second-order valence-electron chi connectivity index (χ2n) is 6.01. The van der Waals surface area contributed by atoms with Crippen molar-refractivity contribution in [3.8, 4) is 11.5 Å². The molecule has 0 spiro atoms. The minimum absolute atomic E-state index is 0.260. The lowest BCUT2D eigenvalue weighted by atomic mass is 10.1. The van der Waals surface area contributed by atoms with Crippen molar-refractivity contribution in [2.45, 2.75) is 6.61 Å². The number of carbonyl (C=O) groups is 2. The van der Waals surface area contributed by atoms with E-state index in [0.717, 1.165) is 5.56 Å². The van der Waals surface area contributed by atoms with E-state index < -0.39 is 5.97 Å². The van der Waals surface area contributed by atoms with Gasteiger partial charge in [-0.3, -0.25) is 4.79 Å². The van der Waals surface area contributed by atoms with Crippen LogP contribution in [0.25, 0.3) is 0 Å². The average molecular weight is 376 g/mol. The van der Waals surface area contributed by atoms with Crippen molar-refractivity contribution < 1.29 is 23.8 Å². The molecule has 3 aromatic rings. The molecule has 0 aromatic heterocycles. The molecule has 0 fully saturated rings. The number of hydrogen-bond acceptors (Lipinski definition) is 5. The topological polar surface area (TPSA) is 61.8 Å². The smallest absolute Gasteiger partial charge is 0.338 e. The van der Waals surface area contributed by atoms with Crippen LogP contribution in [0.15, 0.2) is 78.9 Å². The number of esters is 1. The van der Waals surface area contributed by atoms with Gasteiger partial charge in [0.15, 0.2) is 23.9 Å². The fourth-order valence-corrected chi connectivity index (χ4v) is 2.57. The Balaban J connectivity index is 1.62. The van der Waals surface area contributed by atoms with Gasteiger partial charge in [-0.1, -0.05) is 60.7 Å². The van der Waals surface area contributed by atoms with Crippen LogP contribution in [0.4, 0.5) is 0 Å². The number of rotatable bonds is 8. The fourth-order valence-electron chi connectivity index (χ4n) is 2.57. The van der Waals surface area contributed by atoms with Crippen LogP contribution in [0.5, 0.6) is 11.5 Å². The van der Waals surface area contributed by atoms with Crippen molar-refractivity contribution in [3.63, 3.8) is 0 Å². The molecular formula is C23H20O5. The number of methoxy groups -OCH3 is 1. The Bertz CT molecular complexity index is 936. The Kier molecular flexibility index (Phi) is 6.41.